The Labute approximate surface area is 132 Å². The molecule has 0 saturated heterocycles. The van der Waals surface area contributed by atoms with E-state index in [1.54, 1.807) is 0 Å². The molecule has 2 aromatic rings. The van der Waals surface area contributed by atoms with E-state index >= 15 is 0 Å². The number of aromatic nitrogens is 1. The van der Waals surface area contributed by atoms with Crippen molar-refractivity contribution >= 4 is 20.9 Å². The quantitative estimate of drug-likeness (QED) is 0.846. The normalized spacial score (nSPS) is 20.6. The van der Waals surface area contributed by atoms with Gasteiger partial charge in [-0.05, 0) is 50.7 Å². The highest BCUT2D eigenvalue weighted by atomic mass is 32.2. The zero-order chi connectivity index (χ0) is 22.7. The molecule has 0 spiro atoms. The monoisotopic (exact) mass is 304 g/mol. The molecule has 20 heavy (non-hydrogen) atoms. The minimum Gasteiger partial charge on any atom is -0.361 e. The molecule has 0 atom stereocenters. The van der Waals surface area contributed by atoms with Gasteiger partial charge in [0.2, 0.25) is 10.0 Å². The third kappa shape index (κ3) is 3.59. The summed E-state index contributed by atoms with van der Waals surface area (Å²) >= 11 is 0. The van der Waals surface area contributed by atoms with Gasteiger partial charge in [0, 0.05) is 29.1 Å². The fraction of sp³-hybridized carbons (Fsp3) is 0.429. The molecule has 0 radical (unpaired) electrons. The van der Waals surface area contributed by atoms with Gasteiger partial charge >= 0.3 is 0 Å². The van der Waals surface area contributed by atoms with Gasteiger partial charge in [-0.25, -0.2) is 13.1 Å². The number of fused-ring (bicyclic) bond motifs is 1. The molecular formula is C14H21N3O2S. The first-order valence-corrected chi connectivity index (χ1v) is 7.35. The van der Waals surface area contributed by atoms with Crippen molar-refractivity contribution in [2.75, 3.05) is 27.6 Å². The van der Waals surface area contributed by atoms with E-state index in [1.165, 1.54) is 14.1 Å². The highest BCUT2D eigenvalue weighted by molar-refractivity contribution is 7.88. The maximum Gasteiger partial charge on any atom is 0.215 e. The number of hydrogen-bond donors (Lipinski definition) is 2. The lowest BCUT2D eigenvalue weighted by molar-refractivity contribution is 0.414. The van der Waals surface area contributed by atoms with Crippen LogP contribution < -0.4 is 4.72 Å². The van der Waals surface area contributed by atoms with Gasteiger partial charge < -0.3 is 9.88 Å². The van der Waals surface area contributed by atoms with Crippen LogP contribution in [0.25, 0.3) is 10.9 Å². The van der Waals surface area contributed by atoms with Crippen molar-refractivity contribution in [3.05, 3.63) is 35.5 Å². The van der Waals surface area contributed by atoms with Gasteiger partial charge in [0.15, 0.2) is 1.41 Å². The lowest BCUT2D eigenvalue weighted by Crippen LogP contribution is -2.20. The number of H-pyrrole nitrogens is 1. The van der Waals surface area contributed by atoms with E-state index in [9.17, 15) is 8.42 Å². The van der Waals surface area contributed by atoms with Crippen LogP contribution in [0.4, 0.5) is 0 Å². The molecule has 0 bridgehead atoms. The van der Waals surface area contributed by atoms with Crippen LogP contribution in [0.2, 0.25) is 2.82 Å². The molecule has 0 aliphatic rings. The van der Waals surface area contributed by atoms with Crippen molar-refractivity contribution in [2.45, 2.75) is 12.1 Å². The van der Waals surface area contributed by atoms with Gasteiger partial charge in [0.25, 0.3) is 0 Å². The van der Waals surface area contributed by atoms with Crippen molar-refractivity contribution < 1.29 is 20.8 Å². The number of rotatable bonds is 6. The molecule has 1 aromatic carbocycles. The molecule has 6 heteroatoms. The summed E-state index contributed by atoms with van der Waals surface area (Å²) in [5.74, 6) is -0.932. The van der Waals surface area contributed by atoms with Crippen molar-refractivity contribution in [3.8, 4) is 0 Å². The highest BCUT2D eigenvalue weighted by Gasteiger charge is 2.11. The molecule has 2 rings (SSSR count). The van der Waals surface area contributed by atoms with Crippen LogP contribution in [0.1, 0.15) is 20.7 Å². The summed E-state index contributed by atoms with van der Waals surface area (Å²) in [7, 11) is -0.624. The molecular weight excluding hydrogens is 274 g/mol. The van der Waals surface area contributed by atoms with Crippen LogP contribution in [0.3, 0.4) is 0 Å². The highest BCUT2D eigenvalue weighted by Crippen LogP contribution is 2.21. The molecule has 1 heterocycles. The topological polar surface area (TPSA) is 65.2 Å². The number of hydrogen-bond acceptors (Lipinski definition) is 3. The second kappa shape index (κ2) is 5.95. The summed E-state index contributed by atoms with van der Waals surface area (Å²) < 4.78 is 97.2. The number of likely N-dealkylation sites (N-methyl/N-ethyl adjacent to an activating group) is 1. The minimum absolute atomic E-state index is 0.167. The molecule has 0 aliphatic carbocycles. The Hall–Kier alpha value is -1.37. The average molecular weight is 304 g/mol. The largest absolute Gasteiger partial charge is 0.361 e. The molecule has 5 nitrogen and oxygen atoms in total. The Morgan fingerprint density at radius 3 is 2.95 bits per heavy atom. The molecule has 110 valence electrons. The van der Waals surface area contributed by atoms with Gasteiger partial charge in [-0.15, -0.1) is 0 Å². The van der Waals surface area contributed by atoms with Crippen molar-refractivity contribution in [3.63, 3.8) is 0 Å². The lowest BCUT2D eigenvalue weighted by Gasteiger charge is -2.08. The van der Waals surface area contributed by atoms with E-state index in [4.69, 9.17) is 12.4 Å². The first-order chi connectivity index (χ1) is 13.0. The second-order valence-electron chi connectivity index (χ2n) is 4.29. The first kappa shape index (κ1) is 7.06. The summed E-state index contributed by atoms with van der Waals surface area (Å²) in [6.45, 7) is -2.57. The first-order valence-electron chi connectivity index (χ1n) is 10.1. The zero-order valence-electron chi connectivity index (χ0n) is 20.4. The van der Waals surface area contributed by atoms with E-state index in [0.717, 1.165) is 18.1 Å². The van der Waals surface area contributed by atoms with E-state index in [-0.39, 0.29) is 15.6 Å². The number of nitrogens with zero attached hydrogens (tertiary/aromatic N) is 1. The summed E-state index contributed by atoms with van der Waals surface area (Å²) in [5, 5.41) is -0.311. The maximum atomic E-state index is 12.1. The van der Waals surface area contributed by atoms with Gasteiger partial charge in [0.1, 0.15) is 1.41 Å². The second-order valence-corrected chi connectivity index (χ2v) is 6.11. The Balaban J connectivity index is 2.94. The number of nitrogens with one attached hydrogen (secondary N) is 2. The third-order valence-electron chi connectivity index (χ3n) is 2.46. The van der Waals surface area contributed by atoms with Crippen LogP contribution >= 0.6 is 0 Å². The summed E-state index contributed by atoms with van der Waals surface area (Å²) in [6.07, 6.45) is -1.81. The molecule has 0 fully saturated rings. The smallest absolute Gasteiger partial charge is 0.215 e. The van der Waals surface area contributed by atoms with Gasteiger partial charge in [-0.3, -0.25) is 0 Å². The predicted octanol–water partition coefficient (Wildman–Crippen LogP) is 1.32. The van der Waals surface area contributed by atoms with Crippen molar-refractivity contribution in [1.82, 2.24) is 14.6 Å². The molecule has 0 aliphatic heterocycles. The van der Waals surface area contributed by atoms with Crippen LogP contribution in [-0.4, -0.2) is 45.9 Å². The molecule has 2 N–H and O–H groups in total. The van der Waals surface area contributed by atoms with E-state index < -0.39 is 57.9 Å². The summed E-state index contributed by atoms with van der Waals surface area (Å²) in [5.41, 5.74) is -1.12. The van der Waals surface area contributed by atoms with Gasteiger partial charge in [-0.2, -0.15) is 0 Å². The lowest BCUT2D eigenvalue weighted by atomic mass is 10.1. The van der Waals surface area contributed by atoms with Crippen LogP contribution in [0.5, 0.6) is 0 Å². The van der Waals surface area contributed by atoms with E-state index in [2.05, 4.69) is 0 Å². The Bertz CT molecular complexity index is 1060. The minimum atomic E-state index is -4.22. The fourth-order valence-corrected chi connectivity index (χ4v) is 2.15. The Morgan fingerprint density at radius 1 is 1.55 bits per heavy atom. The van der Waals surface area contributed by atoms with Crippen LogP contribution in [0, 0.1) is 0 Å². The molecule has 1 aromatic heterocycles. The van der Waals surface area contributed by atoms with Gasteiger partial charge in [0.05, 0.1) is 9.87 Å². The summed E-state index contributed by atoms with van der Waals surface area (Å²) in [6, 6.07) is -1.80. The Morgan fingerprint density at radius 2 is 2.30 bits per heavy atom. The summed E-state index contributed by atoms with van der Waals surface area (Å²) in [4.78, 5) is 1.58. The Kier molecular flexibility index (Phi) is 2.10. The zero-order valence-corrected chi connectivity index (χ0v) is 12.2. The van der Waals surface area contributed by atoms with Crippen LogP contribution in [-0.2, 0) is 22.1 Å². The predicted molar refractivity (Wildman–Crippen MR) is 82.2 cm³/mol. The molecule has 0 amide bonds. The third-order valence-corrected chi connectivity index (χ3v) is 3.67. The standard InChI is InChI=1S/C14H21N3O2S/c1-15-20(18,19)10-11-4-5-14-13(8-11)12(9-16-14)6-7-17(2)3/h4-5,8-9,15-16H,6-7,10H2,1-3H3/i4D,5D,6D2,7D2,8D/hD2. The number of sulfonamides is 1. The molecule has 0 unspecified atom stereocenters. The number of aryl methyl sites for hydroxylation is 1. The van der Waals surface area contributed by atoms with Gasteiger partial charge in [-0.1, -0.05) is 6.04 Å². The fourth-order valence-electron chi connectivity index (χ4n) is 1.51. The van der Waals surface area contributed by atoms with Crippen molar-refractivity contribution in [2.24, 2.45) is 0 Å². The SMILES string of the molecule is [2H]c1c(CS(=O)(=O)N([2H])C)c([2H])c2c(C([2H])([2H])C([2H])([2H])N(C)C)cn([2H])c2c1[2H]. The van der Waals surface area contributed by atoms with Crippen molar-refractivity contribution in [1.29, 1.82) is 0 Å². The van der Waals surface area contributed by atoms with Crippen LogP contribution in [0.15, 0.2) is 24.3 Å². The van der Waals surface area contributed by atoms with E-state index in [0.29, 0.717) is 4.98 Å². The maximum absolute atomic E-state index is 12.1. The van der Waals surface area contributed by atoms with E-state index in [1.807, 2.05) is 0 Å². The number of aromatic amines is 1. The average Bonchev–Trinajstić information content (AvgIpc) is 2.94. The number of benzene rings is 1. The molecule has 0 saturated carbocycles.